The van der Waals surface area contributed by atoms with E-state index in [4.69, 9.17) is 5.73 Å². The second-order valence-corrected chi connectivity index (χ2v) is 4.46. The van der Waals surface area contributed by atoms with E-state index >= 15 is 0 Å². The zero-order valence-electron chi connectivity index (χ0n) is 9.36. The zero-order chi connectivity index (χ0) is 11.8. The molecule has 3 N–H and O–H groups in total. The topological polar surface area (TPSA) is 76.2 Å². The molecule has 4 nitrogen and oxygen atoms in total. The number of carbonyl (C=O) groups excluding carboxylic acids is 1. The molecule has 2 rings (SSSR count). The Kier molecular flexibility index (Phi) is 2.68. The SMILES string of the molecule is Cc1ccnc(N)c1C(=O)C1(O)CCCC1. The summed E-state index contributed by atoms with van der Waals surface area (Å²) in [6, 6.07) is 1.74. The normalized spacial score (nSPS) is 18.6. The lowest BCUT2D eigenvalue weighted by atomic mass is 9.89. The van der Waals surface area contributed by atoms with Gasteiger partial charge in [-0.3, -0.25) is 4.79 Å². The van der Waals surface area contributed by atoms with Gasteiger partial charge in [-0.15, -0.1) is 0 Å². The molecule has 0 aromatic carbocycles. The molecule has 0 saturated heterocycles. The van der Waals surface area contributed by atoms with Crippen LogP contribution in [0.5, 0.6) is 0 Å². The number of pyridine rings is 1. The first-order chi connectivity index (χ1) is 7.54. The fourth-order valence-electron chi connectivity index (χ4n) is 2.29. The maximum absolute atomic E-state index is 12.2. The van der Waals surface area contributed by atoms with Crippen molar-refractivity contribution in [1.82, 2.24) is 4.98 Å². The van der Waals surface area contributed by atoms with Crippen LogP contribution in [0.2, 0.25) is 0 Å². The molecule has 1 heterocycles. The van der Waals surface area contributed by atoms with Crippen LogP contribution in [-0.4, -0.2) is 21.5 Å². The number of hydrogen-bond acceptors (Lipinski definition) is 4. The summed E-state index contributed by atoms with van der Waals surface area (Å²) in [5, 5.41) is 10.2. The van der Waals surface area contributed by atoms with Crippen molar-refractivity contribution >= 4 is 11.6 Å². The second kappa shape index (κ2) is 3.87. The summed E-state index contributed by atoms with van der Waals surface area (Å²) < 4.78 is 0. The molecule has 1 fully saturated rings. The number of aromatic nitrogens is 1. The molecule has 0 aliphatic heterocycles. The third kappa shape index (κ3) is 1.69. The molecule has 0 spiro atoms. The first kappa shape index (κ1) is 11.1. The Labute approximate surface area is 94.5 Å². The number of rotatable bonds is 2. The smallest absolute Gasteiger partial charge is 0.198 e. The molecule has 1 aromatic heterocycles. The molecule has 1 aliphatic carbocycles. The van der Waals surface area contributed by atoms with E-state index in [1.54, 1.807) is 12.3 Å². The van der Waals surface area contributed by atoms with Gasteiger partial charge in [0.25, 0.3) is 0 Å². The van der Waals surface area contributed by atoms with Crippen LogP contribution in [0.4, 0.5) is 5.82 Å². The Morgan fingerprint density at radius 3 is 2.69 bits per heavy atom. The number of carbonyl (C=O) groups is 1. The summed E-state index contributed by atoms with van der Waals surface area (Å²) in [6.07, 6.45) is 4.41. The lowest BCUT2D eigenvalue weighted by Crippen LogP contribution is -2.36. The molecular formula is C12H16N2O2. The quantitative estimate of drug-likeness (QED) is 0.740. The van der Waals surface area contributed by atoms with Crippen molar-refractivity contribution in [1.29, 1.82) is 0 Å². The van der Waals surface area contributed by atoms with Crippen LogP contribution >= 0.6 is 0 Å². The van der Waals surface area contributed by atoms with Gasteiger partial charge in [-0.2, -0.15) is 0 Å². The maximum atomic E-state index is 12.2. The van der Waals surface area contributed by atoms with Gasteiger partial charge < -0.3 is 10.8 Å². The van der Waals surface area contributed by atoms with Crippen molar-refractivity contribution in [3.8, 4) is 0 Å². The second-order valence-electron chi connectivity index (χ2n) is 4.46. The number of nitrogens with two attached hydrogens (primary N) is 1. The van der Waals surface area contributed by atoms with E-state index in [1.165, 1.54) is 0 Å². The highest BCUT2D eigenvalue weighted by Crippen LogP contribution is 2.34. The number of hydrogen-bond donors (Lipinski definition) is 2. The van der Waals surface area contributed by atoms with E-state index in [-0.39, 0.29) is 11.6 Å². The van der Waals surface area contributed by atoms with Gasteiger partial charge in [0.1, 0.15) is 11.4 Å². The lowest BCUT2D eigenvalue weighted by molar-refractivity contribution is 0.0353. The summed E-state index contributed by atoms with van der Waals surface area (Å²) in [4.78, 5) is 16.1. The van der Waals surface area contributed by atoms with Gasteiger partial charge in [-0.05, 0) is 44.2 Å². The minimum Gasteiger partial charge on any atom is -0.383 e. The van der Waals surface area contributed by atoms with Crippen LogP contribution in [-0.2, 0) is 0 Å². The average molecular weight is 220 g/mol. The minimum atomic E-state index is -1.22. The molecule has 0 unspecified atom stereocenters. The molecule has 16 heavy (non-hydrogen) atoms. The first-order valence-electron chi connectivity index (χ1n) is 5.53. The fraction of sp³-hybridized carbons (Fsp3) is 0.500. The molecule has 86 valence electrons. The van der Waals surface area contributed by atoms with Crippen molar-refractivity contribution < 1.29 is 9.90 Å². The number of ketones is 1. The highest BCUT2D eigenvalue weighted by molar-refractivity contribution is 6.06. The van der Waals surface area contributed by atoms with E-state index in [0.717, 1.165) is 18.4 Å². The number of Topliss-reactive ketones (excluding diaryl/α,β-unsaturated/α-hetero) is 1. The zero-order valence-corrected chi connectivity index (χ0v) is 9.36. The number of anilines is 1. The highest BCUT2D eigenvalue weighted by Gasteiger charge is 2.40. The number of aryl methyl sites for hydroxylation is 1. The standard InChI is InChI=1S/C12H16N2O2/c1-8-4-7-14-11(13)9(8)10(15)12(16)5-2-3-6-12/h4,7,16H,2-3,5-6H2,1H3,(H2,13,14). The van der Waals surface area contributed by atoms with Gasteiger partial charge in [0.15, 0.2) is 5.78 Å². The summed E-state index contributed by atoms with van der Waals surface area (Å²) >= 11 is 0. The van der Waals surface area contributed by atoms with Crippen LogP contribution in [0, 0.1) is 6.92 Å². The van der Waals surface area contributed by atoms with Crippen LogP contribution in [0.25, 0.3) is 0 Å². The summed E-state index contributed by atoms with van der Waals surface area (Å²) in [7, 11) is 0. The Bertz CT molecular complexity index is 403. The summed E-state index contributed by atoms with van der Waals surface area (Å²) in [5.41, 5.74) is 5.64. The highest BCUT2D eigenvalue weighted by atomic mass is 16.3. The minimum absolute atomic E-state index is 0.213. The summed E-state index contributed by atoms with van der Waals surface area (Å²) in [6.45, 7) is 1.81. The van der Waals surface area contributed by atoms with Crippen molar-refractivity contribution in [3.63, 3.8) is 0 Å². The monoisotopic (exact) mass is 220 g/mol. The van der Waals surface area contributed by atoms with E-state index in [1.807, 2.05) is 6.92 Å². The van der Waals surface area contributed by atoms with Crippen LogP contribution in [0.1, 0.15) is 41.6 Å². The first-order valence-corrected chi connectivity index (χ1v) is 5.53. The predicted octanol–water partition coefficient (Wildman–Crippen LogP) is 1.46. The fourth-order valence-corrected chi connectivity index (χ4v) is 2.29. The molecule has 0 atom stereocenters. The van der Waals surface area contributed by atoms with Crippen molar-refractivity contribution in [2.24, 2.45) is 0 Å². The molecule has 0 radical (unpaired) electrons. The van der Waals surface area contributed by atoms with E-state index in [9.17, 15) is 9.90 Å². The summed E-state index contributed by atoms with van der Waals surface area (Å²) in [5.74, 6) is -0.0570. The van der Waals surface area contributed by atoms with Gasteiger partial charge in [-0.25, -0.2) is 4.98 Å². The molecular weight excluding hydrogens is 204 g/mol. The number of nitrogen functional groups attached to an aromatic ring is 1. The molecule has 0 bridgehead atoms. The Hall–Kier alpha value is -1.42. The van der Waals surface area contributed by atoms with Gasteiger partial charge in [0, 0.05) is 6.20 Å². The van der Waals surface area contributed by atoms with Gasteiger partial charge in [0.05, 0.1) is 5.56 Å². The third-order valence-electron chi connectivity index (χ3n) is 3.27. The van der Waals surface area contributed by atoms with Crippen molar-refractivity contribution in [2.75, 3.05) is 5.73 Å². The van der Waals surface area contributed by atoms with Crippen molar-refractivity contribution in [2.45, 2.75) is 38.2 Å². The molecule has 1 aliphatic rings. The number of aliphatic hydroxyl groups is 1. The lowest BCUT2D eigenvalue weighted by Gasteiger charge is -2.21. The van der Waals surface area contributed by atoms with Gasteiger partial charge in [-0.1, -0.05) is 0 Å². The largest absolute Gasteiger partial charge is 0.383 e. The van der Waals surface area contributed by atoms with Gasteiger partial charge in [0.2, 0.25) is 0 Å². The Morgan fingerprint density at radius 1 is 1.50 bits per heavy atom. The Morgan fingerprint density at radius 2 is 2.12 bits per heavy atom. The molecule has 4 heteroatoms. The molecule has 0 amide bonds. The third-order valence-corrected chi connectivity index (χ3v) is 3.27. The average Bonchev–Trinajstić information content (AvgIpc) is 2.66. The number of nitrogens with zero attached hydrogens (tertiary/aromatic N) is 1. The van der Waals surface area contributed by atoms with Crippen LogP contribution in [0.3, 0.4) is 0 Å². The van der Waals surface area contributed by atoms with Crippen molar-refractivity contribution in [3.05, 3.63) is 23.4 Å². The van der Waals surface area contributed by atoms with Crippen LogP contribution in [0.15, 0.2) is 12.3 Å². The van der Waals surface area contributed by atoms with E-state index in [2.05, 4.69) is 4.98 Å². The van der Waals surface area contributed by atoms with Gasteiger partial charge >= 0.3 is 0 Å². The van der Waals surface area contributed by atoms with E-state index < -0.39 is 5.60 Å². The Balaban J connectivity index is 2.41. The molecule has 1 saturated carbocycles. The maximum Gasteiger partial charge on any atom is 0.198 e. The predicted molar refractivity (Wildman–Crippen MR) is 61.1 cm³/mol. The van der Waals surface area contributed by atoms with Crippen LogP contribution < -0.4 is 5.73 Å². The molecule has 1 aromatic rings. The van der Waals surface area contributed by atoms with E-state index in [0.29, 0.717) is 18.4 Å².